The molecule has 0 heterocycles. The third kappa shape index (κ3) is 8.80. The van der Waals surface area contributed by atoms with Gasteiger partial charge in [0.15, 0.2) is 0 Å². The molecule has 2 aromatic carbocycles. The van der Waals surface area contributed by atoms with E-state index in [-0.39, 0.29) is 36.2 Å². The molecule has 1 unspecified atom stereocenters. The summed E-state index contributed by atoms with van der Waals surface area (Å²) in [6, 6.07) is 4.41. The van der Waals surface area contributed by atoms with Gasteiger partial charge in [-0.25, -0.2) is 13.2 Å². The average molecular weight is 655 g/mol. The van der Waals surface area contributed by atoms with Crippen LogP contribution in [0.1, 0.15) is 41.3 Å². The van der Waals surface area contributed by atoms with Gasteiger partial charge in [0.2, 0.25) is 5.91 Å². The molecule has 4 nitrogen and oxygen atoms in total. The number of amides is 2. The van der Waals surface area contributed by atoms with Gasteiger partial charge in [-0.3, -0.25) is 9.59 Å². The first kappa shape index (κ1) is 31.3. The number of hydrogen-bond donors (Lipinski definition) is 2. The Morgan fingerprint density at radius 3 is 2.11 bits per heavy atom. The molecule has 2 rings (SSSR count). The van der Waals surface area contributed by atoms with Crippen molar-refractivity contribution in [3.05, 3.63) is 72.6 Å². The average Bonchev–Trinajstić information content (AvgIpc) is 2.77. The highest BCUT2D eigenvalue weighted by Crippen LogP contribution is 2.41. The molecule has 0 saturated carbocycles. The predicted octanol–water partition coefficient (Wildman–Crippen LogP) is 7.96. The number of rotatable bonds is 8. The summed E-state index contributed by atoms with van der Waals surface area (Å²) in [5, 5.41) is 3.63. The molecular weight excluding hydrogens is 637 g/mol. The summed E-state index contributed by atoms with van der Waals surface area (Å²) in [4.78, 5) is 24.2. The van der Waals surface area contributed by atoms with Crippen LogP contribution in [0.5, 0.6) is 0 Å². The Bertz CT molecular complexity index is 1190. The van der Waals surface area contributed by atoms with Gasteiger partial charge in [0, 0.05) is 17.0 Å². The molecule has 0 aliphatic carbocycles. The topological polar surface area (TPSA) is 58.2 Å². The smallest absolute Gasteiger partial charge is 0.345 e. The third-order valence-corrected chi connectivity index (χ3v) is 6.77. The molecule has 2 N–H and O–H groups in total. The first-order valence-corrected chi connectivity index (χ1v) is 12.2. The fraction of sp³-hybridized carbons (Fsp3) is 0.304. The van der Waals surface area contributed by atoms with E-state index in [1.165, 1.54) is 6.92 Å². The first-order chi connectivity index (χ1) is 16.9. The van der Waals surface area contributed by atoms with Gasteiger partial charge in [-0.05, 0) is 58.8 Å². The number of alkyl halides is 5. The van der Waals surface area contributed by atoms with E-state index in [0.29, 0.717) is 13.0 Å². The van der Waals surface area contributed by atoms with Gasteiger partial charge in [-0.2, -0.15) is 13.2 Å². The van der Waals surface area contributed by atoms with Crippen molar-refractivity contribution in [1.82, 2.24) is 10.6 Å². The lowest BCUT2D eigenvalue weighted by atomic mass is 9.92. The highest BCUT2D eigenvalue weighted by molar-refractivity contribution is 9.10. The van der Waals surface area contributed by atoms with Crippen LogP contribution in [0.15, 0.2) is 40.9 Å². The second-order valence-corrected chi connectivity index (χ2v) is 10.0. The van der Waals surface area contributed by atoms with Gasteiger partial charge in [-0.15, -0.1) is 0 Å². The number of halogens is 10. The normalized spacial score (nSPS) is 14.2. The van der Waals surface area contributed by atoms with Crippen molar-refractivity contribution in [3.63, 3.8) is 0 Å². The highest BCUT2D eigenvalue weighted by Gasteiger charge is 2.35. The van der Waals surface area contributed by atoms with Gasteiger partial charge in [0.05, 0.1) is 26.5 Å². The fourth-order valence-electron chi connectivity index (χ4n) is 3.06. The molecule has 14 heteroatoms. The van der Waals surface area contributed by atoms with Crippen molar-refractivity contribution < 1.29 is 35.9 Å². The minimum Gasteiger partial charge on any atom is -0.345 e. The van der Waals surface area contributed by atoms with E-state index in [2.05, 4.69) is 21.2 Å². The Morgan fingerprint density at radius 1 is 1.05 bits per heavy atom. The summed E-state index contributed by atoms with van der Waals surface area (Å²) in [5.74, 6) is -8.18. The Kier molecular flexibility index (Phi) is 10.4. The summed E-state index contributed by atoms with van der Waals surface area (Å²) in [7, 11) is 0. The Hall–Kier alpha value is -1.95. The number of carbonyl (C=O) groups excluding carboxylic acids is 2. The zero-order chi connectivity index (χ0) is 28.3. The molecule has 2 aromatic rings. The molecule has 0 aliphatic rings. The van der Waals surface area contributed by atoms with E-state index in [4.69, 9.17) is 34.8 Å². The maximum atomic E-state index is 15.1. The van der Waals surface area contributed by atoms with Crippen LogP contribution in [0.2, 0.25) is 15.1 Å². The lowest BCUT2D eigenvalue weighted by Crippen LogP contribution is -2.47. The molecule has 202 valence electrons. The largest absolute Gasteiger partial charge is 0.405 e. The third-order valence-electron chi connectivity index (χ3n) is 4.92. The van der Waals surface area contributed by atoms with E-state index < -0.39 is 48.2 Å². The van der Waals surface area contributed by atoms with Crippen molar-refractivity contribution in [3.8, 4) is 0 Å². The summed E-state index contributed by atoms with van der Waals surface area (Å²) < 4.78 is 80.6. The van der Waals surface area contributed by atoms with Gasteiger partial charge in [-0.1, -0.05) is 40.9 Å². The standard InChI is InChI=1S/C23H18BrCl3F6N2O2/c1-10(20(36)34-9-23(31,32)33)35-21(37)13-4-3-11(5-15(13)24)18(28)8-14(22(2,29)30)12-6-16(25)19(27)17(26)7-12/h3-8,10,14H,9H2,1-2H3,(H,34,36)(H,35,37)/b18-8-/t10-,14?/m1/s1. The van der Waals surface area contributed by atoms with Crippen LogP contribution in [0.3, 0.4) is 0 Å². The van der Waals surface area contributed by atoms with Crippen LogP contribution in [-0.4, -0.2) is 36.5 Å². The Labute approximate surface area is 231 Å². The number of hydrogen-bond acceptors (Lipinski definition) is 2. The van der Waals surface area contributed by atoms with Crippen molar-refractivity contribution in [2.24, 2.45) is 0 Å². The lowest BCUT2D eigenvalue weighted by molar-refractivity contribution is -0.139. The minimum absolute atomic E-state index is 0.0336. The lowest BCUT2D eigenvalue weighted by Gasteiger charge is -2.22. The maximum absolute atomic E-state index is 15.1. The summed E-state index contributed by atoms with van der Waals surface area (Å²) in [6.07, 6.45) is -3.95. The summed E-state index contributed by atoms with van der Waals surface area (Å²) >= 11 is 20.8. The quantitative estimate of drug-likeness (QED) is 0.224. The molecule has 0 radical (unpaired) electrons. The van der Waals surface area contributed by atoms with E-state index in [1.807, 2.05) is 0 Å². The monoisotopic (exact) mass is 652 g/mol. The Morgan fingerprint density at radius 2 is 1.62 bits per heavy atom. The van der Waals surface area contributed by atoms with Gasteiger partial charge < -0.3 is 10.6 Å². The molecule has 0 aliphatic heterocycles. The zero-order valence-electron chi connectivity index (χ0n) is 18.9. The number of allylic oxidation sites excluding steroid dienone is 1. The van der Waals surface area contributed by atoms with E-state index in [9.17, 15) is 31.5 Å². The molecule has 0 fully saturated rings. The first-order valence-electron chi connectivity index (χ1n) is 10.3. The molecule has 37 heavy (non-hydrogen) atoms. The molecule has 0 saturated heterocycles. The minimum atomic E-state index is -4.62. The van der Waals surface area contributed by atoms with Gasteiger partial charge in [0.25, 0.3) is 11.8 Å². The number of nitrogens with one attached hydrogen (secondary N) is 2. The summed E-state index contributed by atoms with van der Waals surface area (Å²) in [5.41, 5.74) is -0.338. The second-order valence-electron chi connectivity index (χ2n) is 7.97. The molecule has 0 aromatic heterocycles. The summed E-state index contributed by atoms with van der Waals surface area (Å²) in [6.45, 7) is 0.199. The van der Waals surface area contributed by atoms with Gasteiger partial charge >= 0.3 is 6.18 Å². The zero-order valence-corrected chi connectivity index (χ0v) is 22.8. The molecule has 2 amide bonds. The van der Waals surface area contributed by atoms with Gasteiger partial charge in [0.1, 0.15) is 18.4 Å². The van der Waals surface area contributed by atoms with Crippen LogP contribution in [0.4, 0.5) is 26.3 Å². The van der Waals surface area contributed by atoms with Crippen molar-refractivity contribution >= 4 is 68.4 Å². The van der Waals surface area contributed by atoms with Crippen molar-refractivity contribution in [1.29, 1.82) is 0 Å². The van der Waals surface area contributed by atoms with E-state index in [1.54, 1.807) is 5.32 Å². The van der Waals surface area contributed by atoms with Crippen LogP contribution < -0.4 is 10.6 Å². The highest BCUT2D eigenvalue weighted by atomic mass is 79.9. The van der Waals surface area contributed by atoms with Crippen LogP contribution >= 0.6 is 50.7 Å². The van der Waals surface area contributed by atoms with Crippen LogP contribution in [0.25, 0.3) is 5.83 Å². The molecule has 2 atom stereocenters. The van der Waals surface area contributed by atoms with Crippen LogP contribution in [-0.2, 0) is 4.79 Å². The predicted molar refractivity (Wildman–Crippen MR) is 134 cm³/mol. The second kappa shape index (κ2) is 12.3. The maximum Gasteiger partial charge on any atom is 0.405 e. The van der Waals surface area contributed by atoms with Crippen LogP contribution in [0, 0.1) is 0 Å². The van der Waals surface area contributed by atoms with E-state index >= 15 is 4.39 Å². The van der Waals surface area contributed by atoms with Crippen molar-refractivity contribution in [2.45, 2.75) is 37.9 Å². The fourth-order valence-corrected chi connectivity index (χ4v) is 4.23. The number of benzene rings is 2. The van der Waals surface area contributed by atoms with E-state index in [0.717, 1.165) is 30.3 Å². The molecule has 0 bridgehead atoms. The molecular formula is C23H18BrCl3F6N2O2. The SMILES string of the molecule is C[C@@H](NC(=O)c1ccc(/C(F)=C/C(c2cc(Cl)c(Cl)c(Cl)c2)C(C)(F)F)cc1Br)C(=O)NCC(F)(F)F. The van der Waals surface area contributed by atoms with Crippen molar-refractivity contribution in [2.75, 3.05) is 6.54 Å². The number of carbonyl (C=O) groups is 2. The Balaban J connectivity index is 2.27. The molecule has 0 spiro atoms.